The van der Waals surface area contributed by atoms with Gasteiger partial charge in [0.25, 0.3) is 5.91 Å². The van der Waals surface area contributed by atoms with Gasteiger partial charge in [0.15, 0.2) is 0 Å². The molecule has 1 aromatic rings. The number of carbonyl (C=O) groups excluding carboxylic acids is 1. The Kier molecular flexibility index (Phi) is 6.97. The van der Waals surface area contributed by atoms with Crippen molar-refractivity contribution in [3.8, 4) is 5.75 Å². The van der Waals surface area contributed by atoms with E-state index in [2.05, 4.69) is 31.4 Å². The van der Waals surface area contributed by atoms with Crippen molar-refractivity contribution in [1.82, 2.24) is 10.6 Å². The van der Waals surface area contributed by atoms with E-state index < -0.39 is 0 Å². The van der Waals surface area contributed by atoms with E-state index in [-0.39, 0.29) is 5.91 Å². The molecule has 0 spiro atoms. The first-order chi connectivity index (χ1) is 9.13. The molecule has 0 bridgehead atoms. The average Bonchev–Trinajstić information content (AvgIpc) is 2.41. The number of nitrogens with one attached hydrogen (secondary N) is 2. The minimum absolute atomic E-state index is 0.0625. The molecule has 0 aliphatic rings. The van der Waals surface area contributed by atoms with Gasteiger partial charge >= 0.3 is 0 Å². The Bertz CT molecular complexity index is 391. The minimum atomic E-state index is -0.0625. The second-order valence-corrected chi connectivity index (χ2v) is 4.74. The summed E-state index contributed by atoms with van der Waals surface area (Å²) >= 11 is 0. The molecule has 4 heteroatoms. The zero-order chi connectivity index (χ0) is 14.1. The molecule has 0 unspecified atom stereocenters. The highest BCUT2D eigenvalue weighted by molar-refractivity contribution is 5.94. The molecule has 1 aromatic carbocycles. The number of rotatable bonds is 8. The van der Waals surface area contributed by atoms with Gasteiger partial charge in [-0.1, -0.05) is 26.8 Å². The lowest BCUT2D eigenvalue weighted by Gasteiger charge is -2.10. The maximum Gasteiger partial charge on any atom is 0.251 e. The molecule has 0 fully saturated rings. The van der Waals surface area contributed by atoms with Crippen LogP contribution in [0.5, 0.6) is 5.75 Å². The number of benzene rings is 1. The lowest BCUT2D eigenvalue weighted by molar-refractivity contribution is 0.0953. The molecule has 106 valence electrons. The van der Waals surface area contributed by atoms with Gasteiger partial charge in [-0.05, 0) is 24.6 Å². The van der Waals surface area contributed by atoms with E-state index in [1.54, 1.807) is 12.1 Å². The third kappa shape index (κ3) is 6.25. The van der Waals surface area contributed by atoms with Crippen molar-refractivity contribution in [3.63, 3.8) is 0 Å². The van der Waals surface area contributed by atoms with Crippen molar-refractivity contribution in [2.75, 3.05) is 19.7 Å². The summed E-state index contributed by atoms with van der Waals surface area (Å²) in [4.78, 5) is 11.9. The number of amides is 1. The molecule has 4 nitrogen and oxygen atoms in total. The number of carbonyl (C=O) groups is 1. The van der Waals surface area contributed by atoms with Gasteiger partial charge in [0.1, 0.15) is 5.75 Å². The molecule has 1 amide bonds. The molecule has 0 aliphatic heterocycles. The lowest BCUT2D eigenvalue weighted by atomic mass is 10.2. The van der Waals surface area contributed by atoms with E-state index in [0.717, 1.165) is 18.7 Å². The molecule has 0 heterocycles. The molecule has 1 rings (SSSR count). The van der Waals surface area contributed by atoms with E-state index in [1.807, 2.05) is 12.1 Å². The monoisotopic (exact) mass is 264 g/mol. The van der Waals surface area contributed by atoms with Crippen LogP contribution in [0.4, 0.5) is 0 Å². The molecule has 0 aliphatic carbocycles. The van der Waals surface area contributed by atoms with Crippen molar-refractivity contribution in [3.05, 3.63) is 29.8 Å². The molecule has 0 atom stereocenters. The third-order valence-corrected chi connectivity index (χ3v) is 2.53. The fraction of sp³-hybridized carbons (Fsp3) is 0.533. The fourth-order valence-corrected chi connectivity index (χ4v) is 1.59. The van der Waals surface area contributed by atoms with Crippen molar-refractivity contribution in [2.45, 2.75) is 33.2 Å². The Morgan fingerprint density at radius 1 is 1.32 bits per heavy atom. The van der Waals surface area contributed by atoms with Gasteiger partial charge in [0, 0.05) is 24.7 Å². The smallest absolute Gasteiger partial charge is 0.251 e. The second-order valence-electron chi connectivity index (χ2n) is 4.74. The lowest BCUT2D eigenvalue weighted by Crippen LogP contribution is -2.34. The minimum Gasteiger partial charge on any atom is -0.494 e. The van der Waals surface area contributed by atoms with E-state index >= 15 is 0 Å². The average molecular weight is 264 g/mol. The van der Waals surface area contributed by atoms with Crippen molar-refractivity contribution in [2.24, 2.45) is 0 Å². The standard InChI is InChI=1S/C15H24N2O2/c1-4-10-19-14-7-5-6-13(11-14)15(18)17-9-8-16-12(2)3/h5-7,11-12,16H,4,8-10H2,1-3H3,(H,17,18). The quantitative estimate of drug-likeness (QED) is 0.708. The van der Waals surface area contributed by atoms with Gasteiger partial charge in [-0.3, -0.25) is 4.79 Å². The van der Waals surface area contributed by atoms with E-state index in [4.69, 9.17) is 4.74 Å². The summed E-state index contributed by atoms with van der Waals surface area (Å²) in [7, 11) is 0. The molecule has 2 N–H and O–H groups in total. The summed E-state index contributed by atoms with van der Waals surface area (Å²) < 4.78 is 5.51. The maximum absolute atomic E-state index is 11.9. The Balaban J connectivity index is 2.43. The van der Waals surface area contributed by atoms with E-state index in [1.165, 1.54) is 0 Å². The summed E-state index contributed by atoms with van der Waals surface area (Å²) in [6.07, 6.45) is 0.956. The summed E-state index contributed by atoms with van der Waals surface area (Å²) in [6.45, 7) is 8.28. The Morgan fingerprint density at radius 2 is 2.11 bits per heavy atom. The SMILES string of the molecule is CCCOc1cccc(C(=O)NCCNC(C)C)c1. The zero-order valence-corrected chi connectivity index (χ0v) is 12.0. The molecular weight excluding hydrogens is 240 g/mol. The molecule has 0 radical (unpaired) electrons. The van der Waals surface area contributed by atoms with E-state index in [9.17, 15) is 4.79 Å². The molecule has 0 aromatic heterocycles. The number of hydrogen-bond acceptors (Lipinski definition) is 3. The van der Waals surface area contributed by atoms with Crippen LogP contribution in [0.2, 0.25) is 0 Å². The van der Waals surface area contributed by atoms with Crippen LogP contribution in [0, 0.1) is 0 Å². The van der Waals surface area contributed by atoms with Crippen LogP contribution in [-0.4, -0.2) is 31.6 Å². The predicted octanol–water partition coefficient (Wildman–Crippen LogP) is 2.20. The van der Waals surface area contributed by atoms with Crippen molar-refractivity contribution in [1.29, 1.82) is 0 Å². The second kappa shape index (κ2) is 8.53. The summed E-state index contributed by atoms with van der Waals surface area (Å²) in [6, 6.07) is 7.71. The van der Waals surface area contributed by atoms with Crippen LogP contribution >= 0.6 is 0 Å². The van der Waals surface area contributed by atoms with Gasteiger partial charge in [-0.25, -0.2) is 0 Å². The molecule has 19 heavy (non-hydrogen) atoms. The Hall–Kier alpha value is -1.55. The summed E-state index contributed by atoms with van der Waals surface area (Å²) in [5, 5.41) is 6.13. The van der Waals surface area contributed by atoms with Gasteiger partial charge < -0.3 is 15.4 Å². The highest BCUT2D eigenvalue weighted by Crippen LogP contribution is 2.13. The zero-order valence-electron chi connectivity index (χ0n) is 12.0. The van der Waals surface area contributed by atoms with E-state index in [0.29, 0.717) is 24.8 Å². The predicted molar refractivity (Wildman–Crippen MR) is 77.7 cm³/mol. The fourth-order valence-electron chi connectivity index (χ4n) is 1.59. The first-order valence-electron chi connectivity index (χ1n) is 6.88. The highest BCUT2D eigenvalue weighted by Gasteiger charge is 2.06. The van der Waals surface area contributed by atoms with Gasteiger partial charge in [-0.2, -0.15) is 0 Å². The van der Waals surface area contributed by atoms with Crippen LogP contribution in [0.25, 0.3) is 0 Å². The van der Waals surface area contributed by atoms with Gasteiger partial charge in [0.05, 0.1) is 6.61 Å². The third-order valence-electron chi connectivity index (χ3n) is 2.53. The number of hydrogen-bond donors (Lipinski definition) is 2. The maximum atomic E-state index is 11.9. The largest absolute Gasteiger partial charge is 0.494 e. The molecule has 0 saturated heterocycles. The van der Waals surface area contributed by atoms with Gasteiger partial charge in [-0.15, -0.1) is 0 Å². The Labute approximate surface area is 115 Å². The topological polar surface area (TPSA) is 50.4 Å². The normalized spacial score (nSPS) is 10.5. The first kappa shape index (κ1) is 15.5. The van der Waals surface area contributed by atoms with Crippen molar-refractivity contribution < 1.29 is 9.53 Å². The van der Waals surface area contributed by atoms with Crippen molar-refractivity contribution >= 4 is 5.91 Å². The van der Waals surface area contributed by atoms with Crippen LogP contribution in [0.3, 0.4) is 0 Å². The van der Waals surface area contributed by atoms with Crippen LogP contribution in [0.1, 0.15) is 37.6 Å². The highest BCUT2D eigenvalue weighted by atomic mass is 16.5. The van der Waals surface area contributed by atoms with Crippen LogP contribution in [-0.2, 0) is 0 Å². The first-order valence-corrected chi connectivity index (χ1v) is 6.88. The van der Waals surface area contributed by atoms with Gasteiger partial charge in [0.2, 0.25) is 0 Å². The Morgan fingerprint density at radius 3 is 2.79 bits per heavy atom. The summed E-state index contributed by atoms with van der Waals surface area (Å²) in [5.41, 5.74) is 0.637. The number of ether oxygens (including phenoxy) is 1. The summed E-state index contributed by atoms with van der Waals surface area (Å²) in [5.74, 6) is 0.683. The van der Waals surface area contributed by atoms with Crippen LogP contribution < -0.4 is 15.4 Å². The van der Waals surface area contributed by atoms with Crippen LogP contribution in [0.15, 0.2) is 24.3 Å². The molecular formula is C15H24N2O2. The molecule has 0 saturated carbocycles.